The second-order valence-electron chi connectivity index (χ2n) is 5.40. The minimum atomic E-state index is -1.51. The minimum absolute atomic E-state index is 0.125. The number of nitrogens with two attached hydrogens (primary N) is 1. The third kappa shape index (κ3) is 3.93. The van der Waals surface area contributed by atoms with E-state index >= 15 is 0 Å². The lowest BCUT2D eigenvalue weighted by molar-refractivity contribution is 0.302. The smallest absolute Gasteiger partial charge is 0.141 e. The van der Waals surface area contributed by atoms with Crippen LogP contribution in [-0.2, 0) is 11.0 Å². The SMILES string of the molecule is Nc1cnc(-c2ccc(-c3ccccc3S(=O)NCCO)cc2F)cn1. The number of hydrogen-bond donors (Lipinski definition) is 3. The standard InChI is InChI=1S/C18H17FN4O2S/c19-15-9-12(5-6-14(15)16-10-22-18(20)11-21-16)13-3-1-2-4-17(13)26(25)23-7-8-24/h1-6,9-11,23-24H,7-8H2,(H2,20,22). The molecule has 2 aromatic carbocycles. The van der Waals surface area contributed by atoms with Gasteiger partial charge in [0, 0.05) is 12.1 Å². The van der Waals surface area contributed by atoms with Gasteiger partial charge < -0.3 is 10.8 Å². The van der Waals surface area contributed by atoms with E-state index in [1.807, 2.05) is 0 Å². The van der Waals surface area contributed by atoms with Gasteiger partial charge in [-0.15, -0.1) is 0 Å². The lowest BCUT2D eigenvalue weighted by Gasteiger charge is -2.11. The van der Waals surface area contributed by atoms with Gasteiger partial charge in [0.05, 0.1) is 29.6 Å². The van der Waals surface area contributed by atoms with Crippen LogP contribution in [0.25, 0.3) is 22.4 Å². The maximum absolute atomic E-state index is 14.6. The zero-order valence-electron chi connectivity index (χ0n) is 13.7. The number of anilines is 1. The molecule has 0 saturated carbocycles. The van der Waals surface area contributed by atoms with Crippen LogP contribution in [0.5, 0.6) is 0 Å². The van der Waals surface area contributed by atoms with E-state index in [1.165, 1.54) is 18.5 Å². The van der Waals surface area contributed by atoms with Crippen LogP contribution in [0.1, 0.15) is 0 Å². The number of benzene rings is 2. The lowest BCUT2D eigenvalue weighted by Crippen LogP contribution is -2.21. The predicted molar refractivity (Wildman–Crippen MR) is 98.8 cm³/mol. The molecule has 134 valence electrons. The predicted octanol–water partition coefficient (Wildman–Crippen LogP) is 2.14. The summed E-state index contributed by atoms with van der Waals surface area (Å²) in [4.78, 5) is 8.52. The third-order valence-electron chi connectivity index (χ3n) is 3.66. The monoisotopic (exact) mass is 372 g/mol. The summed E-state index contributed by atoms with van der Waals surface area (Å²) < 4.78 is 29.7. The molecule has 1 heterocycles. The molecule has 26 heavy (non-hydrogen) atoms. The third-order valence-corrected chi connectivity index (χ3v) is 4.88. The van der Waals surface area contributed by atoms with Gasteiger partial charge in [-0.25, -0.2) is 18.3 Å². The summed E-state index contributed by atoms with van der Waals surface area (Å²) in [6.07, 6.45) is 2.78. The molecule has 1 atom stereocenters. The Bertz CT molecular complexity index is 935. The molecule has 0 spiro atoms. The molecule has 3 rings (SSSR count). The van der Waals surface area contributed by atoms with Gasteiger partial charge in [0.2, 0.25) is 0 Å². The number of aliphatic hydroxyl groups excluding tert-OH is 1. The average molecular weight is 372 g/mol. The molecule has 4 N–H and O–H groups in total. The molecule has 0 saturated heterocycles. The molecule has 0 fully saturated rings. The molecular weight excluding hydrogens is 355 g/mol. The van der Waals surface area contributed by atoms with Crippen LogP contribution in [0.3, 0.4) is 0 Å². The van der Waals surface area contributed by atoms with Crippen molar-refractivity contribution in [2.45, 2.75) is 4.90 Å². The first-order valence-electron chi connectivity index (χ1n) is 7.83. The van der Waals surface area contributed by atoms with Gasteiger partial charge in [0.1, 0.15) is 22.6 Å². The molecule has 3 aromatic rings. The van der Waals surface area contributed by atoms with Crippen molar-refractivity contribution in [2.24, 2.45) is 0 Å². The summed E-state index contributed by atoms with van der Waals surface area (Å²) in [5.41, 5.74) is 7.42. The fourth-order valence-electron chi connectivity index (χ4n) is 2.45. The van der Waals surface area contributed by atoms with Crippen LogP contribution >= 0.6 is 0 Å². The van der Waals surface area contributed by atoms with Crippen molar-refractivity contribution in [1.29, 1.82) is 0 Å². The van der Waals surface area contributed by atoms with Gasteiger partial charge in [-0.05, 0) is 29.3 Å². The maximum atomic E-state index is 14.6. The largest absolute Gasteiger partial charge is 0.395 e. The number of aromatic nitrogens is 2. The molecule has 0 aliphatic rings. The van der Waals surface area contributed by atoms with Gasteiger partial charge in [-0.3, -0.25) is 4.98 Å². The molecule has 0 bridgehead atoms. The Labute approximate surface area is 152 Å². The molecule has 0 aliphatic carbocycles. The average Bonchev–Trinajstić information content (AvgIpc) is 2.67. The number of nitrogens with one attached hydrogen (secondary N) is 1. The molecule has 1 aromatic heterocycles. The maximum Gasteiger partial charge on any atom is 0.141 e. The number of rotatable bonds is 6. The van der Waals surface area contributed by atoms with E-state index in [2.05, 4.69) is 14.7 Å². The van der Waals surface area contributed by atoms with Crippen molar-refractivity contribution in [1.82, 2.24) is 14.7 Å². The second kappa shape index (κ2) is 8.13. The van der Waals surface area contributed by atoms with E-state index in [0.29, 0.717) is 27.3 Å². The molecule has 1 unspecified atom stereocenters. The Morgan fingerprint density at radius 3 is 2.62 bits per heavy atom. The van der Waals surface area contributed by atoms with E-state index in [0.717, 1.165) is 0 Å². The quantitative estimate of drug-likeness (QED) is 0.615. The van der Waals surface area contributed by atoms with Crippen molar-refractivity contribution in [3.8, 4) is 22.4 Å². The fraction of sp³-hybridized carbons (Fsp3) is 0.111. The fourth-order valence-corrected chi connectivity index (χ4v) is 3.47. The zero-order chi connectivity index (χ0) is 18.5. The Kier molecular flexibility index (Phi) is 5.67. The van der Waals surface area contributed by atoms with E-state index in [9.17, 15) is 8.60 Å². The molecule has 6 nitrogen and oxygen atoms in total. The van der Waals surface area contributed by atoms with Gasteiger partial charge >= 0.3 is 0 Å². The summed E-state index contributed by atoms with van der Waals surface area (Å²) in [5.74, 6) is -0.206. The van der Waals surface area contributed by atoms with Crippen molar-refractivity contribution in [3.63, 3.8) is 0 Å². The van der Waals surface area contributed by atoms with Gasteiger partial charge in [-0.2, -0.15) is 0 Å². The normalized spacial score (nSPS) is 12.1. The van der Waals surface area contributed by atoms with Crippen LogP contribution < -0.4 is 10.5 Å². The lowest BCUT2D eigenvalue weighted by atomic mass is 10.0. The number of nitrogens with zero attached hydrogens (tertiary/aromatic N) is 2. The van der Waals surface area contributed by atoms with Crippen LogP contribution in [0, 0.1) is 5.82 Å². The molecule has 0 amide bonds. The van der Waals surface area contributed by atoms with Crippen molar-refractivity contribution >= 4 is 16.8 Å². The first kappa shape index (κ1) is 18.1. The van der Waals surface area contributed by atoms with E-state index < -0.39 is 16.8 Å². The van der Waals surface area contributed by atoms with Gasteiger partial charge in [-0.1, -0.05) is 24.3 Å². The molecular formula is C18H17FN4O2S. The van der Waals surface area contributed by atoms with Gasteiger partial charge in [0.25, 0.3) is 0 Å². The zero-order valence-corrected chi connectivity index (χ0v) is 14.5. The summed E-state index contributed by atoms with van der Waals surface area (Å²) in [6.45, 7) is 0.0733. The number of nitrogen functional groups attached to an aromatic ring is 1. The highest BCUT2D eigenvalue weighted by Crippen LogP contribution is 2.30. The number of halogens is 1. The van der Waals surface area contributed by atoms with Crippen LogP contribution in [0.2, 0.25) is 0 Å². The van der Waals surface area contributed by atoms with Crippen molar-refractivity contribution < 1.29 is 13.7 Å². The van der Waals surface area contributed by atoms with Crippen molar-refractivity contribution in [2.75, 3.05) is 18.9 Å². The molecule has 0 radical (unpaired) electrons. The Balaban J connectivity index is 1.97. The first-order valence-corrected chi connectivity index (χ1v) is 8.98. The Morgan fingerprint density at radius 1 is 1.12 bits per heavy atom. The summed E-state index contributed by atoms with van der Waals surface area (Å²) >= 11 is 0. The summed E-state index contributed by atoms with van der Waals surface area (Å²) in [5, 5.41) is 8.88. The highest BCUT2D eigenvalue weighted by Gasteiger charge is 2.14. The second-order valence-corrected chi connectivity index (χ2v) is 6.67. The van der Waals surface area contributed by atoms with Gasteiger partial charge in [0.15, 0.2) is 0 Å². The van der Waals surface area contributed by atoms with Crippen LogP contribution in [0.4, 0.5) is 10.2 Å². The van der Waals surface area contributed by atoms with Crippen LogP contribution in [0.15, 0.2) is 59.8 Å². The summed E-state index contributed by atoms with van der Waals surface area (Å²) in [7, 11) is -1.51. The Hall–Kier alpha value is -2.68. The highest BCUT2D eigenvalue weighted by molar-refractivity contribution is 7.83. The number of aliphatic hydroxyl groups is 1. The molecule has 0 aliphatic heterocycles. The van der Waals surface area contributed by atoms with E-state index in [-0.39, 0.29) is 19.0 Å². The van der Waals surface area contributed by atoms with Crippen LogP contribution in [-0.4, -0.2) is 32.4 Å². The topological polar surface area (TPSA) is 101 Å². The van der Waals surface area contributed by atoms with E-state index in [4.69, 9.17) is 10.8 Å². The highest BCUT2D eigenvalue weighted by atomic mass is 32.2. The molecule has 8 heteroatoms. The minimum Gasteiger partial charge on any atom is -0.395 e. The number of hydrogen-bond acceptors (Lipinski definition) is 5. The van der Waals surface area contributed by atoms with E-state index in [1.54, 1.807) is 36.4 Å². The first-order chi connectivity index (χ1) is 12.6. The summed E-state index contributed by atoms with van der Waals surface area (Å²) in [6, 6.07) is 11.7. The Morgan fingerprint density at radius 2 is 1.92 bits per heavy atom. The van der Waals surface area contributed by atoms with Crippen molar-refractivity contribution in [3.05, 3.63) is 60.7 Å².